The summed E-state index contributed by atoms with van der Waals surface area (Å²) in [6, 6.07) is 11.2. The Bertz CT molecular complexity index is 810. The fourth-order valence-corrected chi connectivity index (χ4v) is 3.65. The minimum absolute atomic E-state index is 0.0295. The maximum Gasteiger partial charge on any atom is 0.306 e. The second-order valence-corrected chi connectivity index (χ2v) is 6.83. The first kappa shape index (κ1) is 15.1. The fourth-order valence-electron chi connectivity index (χ4n) is 2.07. The van der Waals surface area contributed by atoms with E-state index in [1.807, 2.05) is 0 Å². The van der Waals surface area contributed by atoms with Gasteiger partial charge in [-0.2, -0.15) is 0 Å². The summed E-state index contributed by atoms with van der Waals surface area (Å²) in [5.41, 5.74) is 5.56. The van der Waals surface area contributed by atoms with Crippen LogP contribution in [-0.2, 0) is 19.4 Å². The third kappa shape index (κ3) is 2.53. The predicted molar refractivity (Wildman–Crippen MR) is 76.4 cm³/mol. The van der Waals surface area contributed by atoms with Crippen molar-refractivity contribution in [2.24, 2.45) is 5.73 Å². The maximum atomic E-state index is 12.6. The summed E-state index contributed by atoms with van der Waals surface area (Å²) in [6.45, 7) is 0. The van der Waals surface area contributed by atoms with Gasteiger partial charge < -0.3 is 15.6 Å². The van der Waals surface area contributed by atoms with Crippen LogP contribution >= 0.6 is 0 Å². The normalized spacial score (nSPS) is 14.5. The second-order valence-electron chi connectivity index (χ2n) is 4.62. The van der Waals surface area contributed by atoms with Crippen LogP contribution in [0.4, 0.5) is 0 Å². The molecular weight excluding hydrogens is 294 g/mol. The molecule has 0 spiro atoms. The summed E-state index contributed by atoms with van der Waals surface area (Å²) in [5.74, 6) is -1.46. The van der Waals surface area contributed by atoms with Crippen LogP contribution in [0, 0.1) is 0 Å². The summed E-state index contributed by atoms with van der Waals surface area (Å²) in [7, 11) is -4.34. The number of hydrogen-bond donors (Lipinski definition) is 2. The molecule has 21 heavy (non-hydrogen) atoms. The Labute approximate surface area is 121 Å². The minimum Gasteiger partial charge on any atom is -0.481 e. The molecule has 110 valence electrons. The van der Waals surface area contributed by atoms with E-state index < -0.39 is 27.1 Å². The summed E-state index contributed by atoms with van der Waals surface area (Å²) in [6.07, 6.45) is -1.03. The van der Waals surface area contributed by atoms with Crippen molar-refractivity contribution in [3.63, 3.8) is 0 Å². The van der Waals surface area contributed by atoms with Gasteiger partial charge in [0.1, 0.15) is 0 Å². The predicted octanol–water partition coefficient (Wildman–Crippen LogP) is 0.942. The van der Waals surface area contributed by atoms with E-state index in [1.54, 1.807) is 30.3 Å². The first-order valence-electron chi connectivity index (χ1n) is 6.01. The summed E-state index contributed by atoms with van der Waals surface area (Å²) in [5, 5.41) is 9.85. The summed E-state index contributed by atoms with van der Waals surface area (Å²) < 4.78 is 25.2. The van der Waals surface area contributed by atoms with E-state index in [-0.39, 0.29) is 11.2 Å². The third-order valence-corrected chi connectivity index (χ3v) is 5.34. The van der Waals surface area contributed by atoms with Gasteiger partial charge in [0.25, 0.3) is 0 Å². The zero-order valence-corrected chi connectivity index (χ0v) is 11.7. The lowest BCUT2D eigenvalue weighted by Crippen LogP contribution is -2.51. The molecule has 2 rings (SSSR count). The number of aldehydes is 1. The van der Waals surface area contributed by atoms with Gasteiger partial charge in [-0.05, 0) is 11.5 Å². The molecule has 2 aromatic carbocycles. The number of benzene rings is 2. The molecule has 0 aliphatic heterocycles. The van der Waals surface area contributed by atoms with Crippen LogP contribution in [0.15, 0.2) is 47.4 Å². The Hall–Kier alpha value is -2.25. The lowest BCUT2D eigenvalue weighted by atomic mass is 10.1. The molecule has 0 bridgehead atoms. The van der Waals surface area contributed by atoms with Gasteiger partial charge in [-0.3, -0.25) is 4.79 Å². The van der Waals surface area contributed by atoms with Crippen molar-refractivity contribution in [1.82, 2.24) is 0 Å². The van der Waals surface area contributed by atoms with Gasteiger partial charge >= 0.3 is 5.97 Å². The zero-order chi connectivity index (χ0) is 15.7. The van der Waals surface area contributed by atoms with Crippen LogP contribution in [0.1, 0.15) is 6.42 Å². The van der Waals surface area contributed by atoms with Crippen LogP contribution in [0.25, 0.3) is 10.8 Å². The largest absolute Gasteiger partial charge is 0.481 e. The number of carboxylic acid groups (broad SMARTS) is 1. The molecule has 0 saturated carbocycles. The van der Waals surface area contributed by atoms with Gasteiger partial charge in [0.2, 0.25) is 9.84 Å². The first-order valence-corrected chi connectivity index (χ1v) is 7.49. The number of rotatable bonds is 5. The van der Waals surface area contributed by atoms with Gasteiger partial charge in [-0.15, -0.1) is 0 Å². The van der Waals surface area contributed by atoms with Gasteiger partial charge in [0.05, 0.1) is 11.3 Å². The molecule has 0 radical (unpaired) electrons. The van der Waals surface area contributed by atoms with Gasteiger partial charge in [0, 0.05) is 5.39 Å². The van der Waals surface area contributed by atoms with Crippen molar-refractivity contribution in [2.45, 2.75) is 16.2 Å². The molecule has 0 amide bonds. The highest BCUT2D eigenvalue weighted by molar-refractivity contribution is 7.93. The lowest BCUT2D eigenvalue weighted by Gasteiger charge is -2.22. The molecule has 3 N–H and O–H groups in total. The smallest absolute Gasteiger partial charge is 0.306 e. The molecule has 0 aliphatic rings. The van der Waals surface area contributed by atoms with E-state index in [0.717, 1.165) is 0 Å². The molecule has 0 heterocycles. The quantitative estimate of drug-likeness (QED) is 0.794. The maximum absolute atomic E-state index is 12.6. The van der Waals surface area contributed by atoms with Gasteiger partial charge in [-0.1, -0.05) is 36.4 Å². The van der Waals surface area contributed by atoms with Crippen molar-refractivity contribution < 1.29 is 23.1 Å². The Morgan fingerprint density at radius 2 is 1.81 bits per heavy atom. The van der Waals surface area contributed by atoms with Crippen LogP contribution < -0.4 is 5.73 Å². The van der Waals surface area contributed by atoms with E-state index in [9.17, 15) is 18.0 Å². The highest BCUT2D eigenvalue weighted by atomic mass is 32.2. The average Bonchev–Trinajstić information content (AvgIpc) is 2.45. The molecule has 7 heteroatoms. The standard InChI is InChI=1S/C14H13NO5S/c15-14(9-16,8-13(17)18)21(19,20)12-7-3-5-10-4-1-2-6-11(10)12/h1-7,9H,8,15H2,(H,17,18)/t14-/m1/s1. The highest BCUT2D eigenvalue weighted by Gasteiger charge is 2.43. The Morgan fingerprint density at radius 3 is 2.43 bits per heavy atom. The molecule has 0 fully saturated rings. The molecule has 0 saturated heterocycles. The summed E-state index contributed by atoms with van der Waals surface area (Å²) in [4.78, 5) is 19.3. The lowest BCUT2D eigenvalue weighted by molar-refractivity contribution is -0.138. The monoisotopic (exact) mass is 307 g/mol. The zero-order valence-electron chi connectivity index (χ0n) is 10.9. The average molecular weight is 307 g/mol. The van der Waals surface area contributed by atoms with Crippen molar-refractivity contribution in [2.75, 3.05) is 0 Å². The first-order chi connectivity index (χ1) is 9.82. The highest BCUT2D eigenvalue weighted by Crippen LogP contribution is 2.29. The Morgan fingerprint density at radius 1 is 1.19 bits per heavy atom. The minimum atomic E-state index is -4.34. The third-order valence-electron chi connectivity index (χ3n) is 3.17. The van der Waals surface area contributed by atoms with E-state index in [0.29, 0.717) is 10.8 Å². The molecule has 1 atom stereocenters. The number of hydrogen-bond acceptors (Lipinski definition) is 5. The van der Waals surface area contributed by atoms with Crippen molar-refractivity contribution in [3.8, 4) is 0 Å². The number of aliphatic carboxylic acids is 1. The number of fused-ring (bicyclic) bond motifs is 1. The fraction of sp³-hybridized carbons (Fsp3) is 0.143. The van der Waals surface area contributed by atoms with Crippen LogP contribution in [0.5, 0.6) is 0 Å². The second kappa shape index (κ2) is 5.27. The van der Waals surface area contributed by atoms with Crippen LogP contribution in [0.3, 0.4) is 0 Å². The topological polar surface area (TPSA) is 115 Å². The molecule has 0 aliphatic carbocycles. The number of nitrogens with two attached hydrogens (primary N) is 1. The van der Waals surface area contributed by atoms with E-state index in [4.69, 9.17) is 10.8 Å². The number of carbonyl (C=O) groups is 2. The number of carboxylic acids is 1. The SMILES string of the molecule is N[C@](C=O)(CC(=O)O)S(=O)(=O)c1cccc2ccccc12. The van der Waals surface area contributed by atoms with Crippen molar-refractivity contribution >= 4 is 32.9 Å². The van der Waals surface area contributed by atoms with Crippen LogP contribution in [-0.4, -0.2) is 30.7 Å². The molecule has 0 aromatic heterocycles. The van der Waals surface area contributed by atoms with Gasteiger partial charge in [0.15, 0.2) is 11.2 Å². The van der Waals surface area contributed by atoms with E-state index in [1.165, 1.54) is 12.1 Å². The van der Waals surface area contributed by atoms with Crippen LogP contribution in [0.2, 0.25) is 0 Å². The Balaban J connectivity index is 2.72. The molecule has 6 nitrogen and oxygen atoms in total. The van der Waals surface area contributed by atoms with Crippen molar-refractivity contribution in [3.05, 3.63) is 42.5 Å². The van der Waals surface area contributed by atoms with E-state index >= 15 is 0 Å². The number of carbonyl (C=O) groups excluding carboxylic acids is 1. The number of sulfone groups is 1. The molecule has 0 unspecified atom stereocenters. The Kier molecular flexibility index (Phi) is 3.80. The van der Waals surface area contributed by atoms with Crippen molar-refractivity contribution in [1.29, 1.82) is 0 Å². The van der Waals surface area contributed by atoms with E-state index in [2.05, 4.69) is 0 Å². The van der Waals surface area contributed by atoms with Gasteiger partial charge in [-0.25, -0.2) is 8.42 Å². The summed E-state index contributed by atoms with van der Waals surface area (Å²) >= 11 is 0. The molecule has 2 aromatic rings. The molecular formula is C14H13NO5S.